The zero-order chi connectivity index (χ0) is 15.0. The van der Waals surface area contributed by atoms with Gasteiger partial charge in [-0.2, -0.15) is 4.31 Å². The van der Waals surface area contributed by atoms with Crippen molar-refractivity contribution in [2.75, 3.05) is 19.8 Å². The summed E-state index contributed by atoms with van der Waals surface area (Å²) in [5.74, 6) is 0. The van der Waals surface area contributed by atoms with Gasteiger partial charge in [-0.1, -0.05) is 0 Å². The molecule has 2 aliphatic rings. The summed E-state index contributed by atoms with van der Waals surface area (Å²) < 4.78 is 40.2. The van der Waals surface area contributed by atoms with Crippen molar-refractivity contribution in [2.24, 2.45) is 7.05 Å². The molecule has 118 valence electrons. The van der Waals surface area contributed by atoms with Gasteiger partial charge in [0.05, 0.1) is 25.1 Å². The minimum absolute atomic E-state index is 0.0123. The molecule has 0 unspecified atom stereocenters. The van der Waals surface area contributed by atoms with Crippen molar-refractivity contribution in [3.05, 3.63) is 12.5 Å². The molecule has 0 amide bonds. The Morgan fingerprint density at radius 3 is 2.95 bits per heavy atom. The number of ether oxygens (including phenoxy) is 2. The summed E-state index contributed by atoms with van der Waals surface area (Å²) in [5, 5.41) is 0.102. The Labute approximate surface area is 124 Å². The maximum Gasteiger partial charge on any atom is 0.262 e. The van der Waals surface area contributed by atoms with E-state index in [0.717, 1.165) is 12.8 Å². The van der Waals surface area contributed by atoms with Gasteiger partial charge < -0.3 is 14.0 Å². The molecule has 1 aromatic heterocycles. The molecule has 0 aromatic carbocycles. The minimum Gasteiger partial charge on any atom is -0.376 e. The molecule has 2 heterocycles. The number of aromatic nitrogens is 2. The molecule has 21 heavy (non-hydrogen) atoms. The third kappa shape index (κ3) is 2.61. The number of fused-ring (bicyclic) bond motifs is 1. The van der Waals surface area contributed by atoms with Crippen LogP contribution in [0.4, 0.5) is 0 Å². The highest BCUT2D eigenvalue weighted by Crippen LogP contribution is 2.34. The van der Waals surface area contributed by atoms with Gasteiger partial charge in [0.25, 0.3) is 10.0 Å². The lowest BCUT2D eigenvalue weighted by Crippen LogP contribution is -2.53. The Morgan fingerprint density at radius 2 is 2.29 bits per heavy atom. The van der Waals surface area contributed by atoms with E-state index in [9.17, 15) is 8.42 Å². The third-order valence-electron chi connectivity index (χ3n) is 4.12. The molecule has 0 radical (unpaired) electrons. The number of hydrogen-bond acceptors (Lipinski definition) is 5. The summed E-state index contributed by atoms with van der Waals surface area (Å²) in [6.45, 7) is 3.33. The van der Waals surface area contributed by atoms with E-state index in [1.54, 1.807) is 15.9 Å². The number of sulfonamides is 1. The fourth-order valence-electron chi connectivity index (χ4n) is 3.22. The van der Waals surface area contributed by atoms with E-state index in [4.69, 9.17) is 9.47 Å². The van der Waals surface area contributed by atoms with Crippen LogP contribution in [0.25, 0.3) is 0 Å². The lowest BCUT2D eigenvalue weighted by molar-refractivity contribution is -0.0938. The highest BCUT2D eigenvalue weighted by molar-refractivity contribution is 7.89. The lowest BCUT2D eigenvalue weighted by atomic mass is 10.1. The first-order chi connectivity index (χ1) is 10.0. The van der Waals surface area contributed by atoms with Crippen LogP contribution in [-0.2, 0) is 26.5 Å². The van der Waals surface area contributed by atoms with Crippen molar-refractivity contribution in [1.29, 1.82) is 0 Å². The van der Waals surface area contributed by atoms with Crippen LogP contribution in [0, 0.1) is 0 Å². The number of aryl methyl sites for hydroxylation is 1. The number of hydrogen-bond donors (Lipinski definition) is 0. The van der Waals surface area contributed by atoms with Crippen LogP contribution in [0.2, 0.25) is 0 Å². The Bertz CT molecular complexity index is 600. The summed E-state index contributed by atoms with van der Waals surface area (Å²) in [6.07, 6.45) is 4.45. The Balaban J connectivity index is 1.85. The van der Waals surface area contributed by atoms with Crippen molar-refractivity contribution in [2.45, 2.75) is 43.0 Å². The quantitative estimate of drug-likeness (QED) is 0.803. The van der Waals surface area contributed by atoms with Crippen LogP contribution >= 0.6 is 0 Å². The molecular weight excluding hydrogens is 294 g/mol. The molecule has 1 aliphatic heterocycles. The van der Waals surface area contributed by atoms with Gasteiger partial charge in [-0.05, 0) is 19.8 Å². The first-order valence-electron chi connectivity index (χ1n) is 7.27. The summed E-state index contributed by atoms with van der Waals surface area (Å²) in [7, 11) is -1.81. The predicted molar refractivity (Wildman–Crippen MR) is 75.3 cm³/mol. The van der Waals surface area contributed by atoms with E-state index in [1.807, 2.05) is 6.92 Å². The van der Waals surface area contributed by atoms with Gasteiger partial charge in [-0.25, -0.2) is 13.4 Å². The molecular formula is C13H21N3O4S. The van der Waals surface area contributed by atoms with Gasteiger partial charge in [0, 0.05) is 26.4 Å². The number of morpholine rings is 1. The monoisotopic (exact) mass is 315 g/mol. The fourth-order valence-corrected chi connectivity index (χ4v) is 4.83. The molecule has 0 N–H and O–H groups in total. The van der Waals surface area contributed by atoms with Crippen molar-refractivity contribution in [3.63, 3.8) is 0 Å². The fraction of sp³-hybridized carbons (Fsp3) is 0.769. The lowest BCUT2D eigenvalue weighted by Gasteiger charge is -2.37. The molecule has 0 spiro atoms. The van der Waals surface area contributed by atoms with Crippen LogP contribution in [0.3, 0.4) is 0 Å². The highest BCUT2D eigenvalue weighted by Gasteiger charge is 2.47. The molecule has 3 rings (SSSR count). The van der Waals surface area contributed by atoms with Crippen LogP contribution < -0.4 is 0 Å². The molecule has 2 fully saturated rings. The Kier molecular flexibility index (Phi) is 4.04. The zero-order valence-electron chi connectivity index (χ0n) is 12.3. The number of imidazole rings is 1. The molecule has 1 saturated carbocycles. The van der Waals surface area contributed by atoms with Gasteiger partial charge >= 0.3 is 0 Å². The van der Waals surface area contributed by atoms with E-state index in [1.165, 1.54) is 12.5 Å². The summed E-state index contributed by atoms with van der Waals surface area (Å²) >= 11 is 0. The van der Waals surface area contributed by atoms with Crippen molar-refractivity contribution in [1.82, 2.24) is 13.9 Å². The van der Waals surface area contributed by atoms with E-state index in [-0.39, 0.29) is 23.3 Å². The zero-order valence-corrected chi connectivity index (χ0v) is 13.1. The summed E-state index contributed by atoms with van der Waals surface area (Å²) in [6, 6.07) is -0.151. The number of rotatable bonds is 4. The molecule has 3 atom stereocenters. The average molecular weight is 315 g/mol. The standard InChI is InChI=1S/C13H21N3O4S/c1-3-19-11-5-4-10-13(11)20-7-6-16(10)21(17,18)12-8-15(2)9-14-12/h8-11,13H,3-7H2,1-2H3/t10-,11-,13-/m0/s1. The maximum atomic E-state index is 12.8. The van der Waals surface area contributed by atoms with Crippen LogP contribution in [0.1, 0.15) is 19.8 Å². The topological polar surface area (TPSA) is 73.7 Å². The van der Waals surface area contributed by atoms with Crippen molar-refractivity contribution >= 4 is 10.0 Å². The summed E-state index contributed by atoms with van der Waals surface area (Å²) in [5.41, 5.74) is 0. The smallest absolute Gasteiger partial charge is 0.262 e. The first kappa shape index (κ1) is 15.0. The Hall–Kier alpha value is -0.960. The first-order valence-corrected chi connectivity index (χ1v) is 8.71. The highest BCUT2D eigenvalue weighted by atomic mass is 32.2. The van der Waals surface area contributed by atoms with Crippen LogP contribution in [-0.4, -0.2) is 60.3 Å². The molecule has 0 bridgehead atoms. The van der Waals surface area contributed by atoms with E-state index in [0.29, 0.717) is 19.8 Å². The van der Waals surface area contributed by atoms with E-state index < -0.39 is 10.0 Å². The summed E-state index contributed by atoms with van der Waals surface area (Å²) in [4.78, 5) is 3.99. The normalized spacial score (nSPS) is 30.5. The Morgan fingerprint density at radius 1 is 1.48 bits per heavy atom. The van der Waals surface area contributed by atoms with Crippen LogP contribution in [0.5, 0.6) is 0 Å². The molecule has 1 saturated heterocycles. The van der Waals surface area contributed by atoms with Crippen molar-refractivity contribution in [3.8, 4) is 0 Å². The van der Waals surface area contributed by atoms with Gasteiger partial charge in [0.1, 0.15) is 6.10 Å². The molecule has 7 nitrogen and oxygen atoms in total. The molecule has 1 aromatic rings. The largest absolute Gasteiger partial charge is 0.376 e. The van der Waals surface area contributed by atoms with Crippen LogP contribution in [0.15, 0.2) is 17.6 Å². The second kappa shape index (κ2) is 5.68. The van der Waals surface area contributed by atoms with E-state index >= 15 is 0 Å². The third-order valence-corrected chi connectivity index (χ3v) is 5.93. The minimum atomic E-state index is -3.57. The second-order valence-electron chi connectivity index (χ2n) is 5.47. The van der Waals surface area contributed by atoms with Gasteiger partial charge in [0.2, 0.25) is 0 Å². The van der Waals surface area contributed by atoms with Gasteiger partial charge in [0.15, 0.2) is 5.03 Å². The van der Waals surface area contributed by atoms with Gasteiger partial charge in [-0.3, -0.25) is 0 Å². The number of nitrogens with zero attached hydrogens (tertiary/aromatic N) is 3. The average Bonchev–Trinajstić information content (AvgIpc) is 3.06. The predicted octanol–water partition coefficient (Wildman–Crippen LogP) is 0.377. The molecule has 1 aliphatic carbocycles. The van der Waals surface area contributed by atoms with E-state index in [2.05, 4.69) is 4.98 Å². The molecule has 8 heteroatoms. The van der Waals surface area contributed by atoms with Crippen molar-refractivity contribution < 1.29 is 17.9 Å². The second-order valence-corrected chi connectivity index (χ2v) is 7.30. The SMILES string of the molecule is CCO[C@H]1CC[C@H]2[C@@H]1OCCN2S(=O)(=O)c1cn(C)cn1. The maximum absolute atomic E-state index is 12.8. The van der Waals surface area contributed by atoms with Gasteiger partial charge in [-0.15, -0.1) is 0 Å².